The molecule has 2 heteroatoms. The fourth-order valence-corrected chi connectivity index (χ4v) is 0.647. The smallest absolute Gasteiger partial charge is 0.105 e. The molecule has 0 amide bonds. The van der Waals surface area contributed by atoms with Crippen LogP contribution in [-0.4, -0.2) is 9.97 Å². The minimum Gasteiger partial charge on any atom is -0.346 e. The van der Waals surface area contributed by atoms with Gasteiger partial charge < -0.3 is 4.98 Å². The van der Waals surface area contributed by atoms with Gasteiger partial charge in [-0.05, 0) is 6.92 Å². The van der Waals surface area contributed by atoms with Crippen molar-refractivity contribution in [3.63, 3.8) is 0 Å². The minimum atomic E-state index is 0. The van der Waals surface area contributed by atoms with Gasteiger partial charge in [0.05, 0.1) is 0 Å². The van der Waals surface area contributed by atoms with E-state index in [0.717, 1.165) is 17.9 Å². The molecule has 0 bridgehead atoms. The fourth-order valence-electron chi connectivity index (χ4n) is 0.647. The third kappa shape index (κ3) is 1.88. The molecule has 1 N–H and O–H groups in total. The molecule has 0 fully saturated rings. The Morgan fingerprint density at radius 2 is 2.33 bits per heavy atom. The van der Waals surface area contributed by atoms with Gasteiger partial charge in [0.25, 0.3) is 0 Å². The summed E-state index contributed by atoms with van der Waals surface area (Å²) in [6, 6.07) is 0. The molecule has 1 aromatic heterocycles. The molecule has 0 saturated carbocycles. The predicted molar refractivity (Wildman–Crippen MR) is 39.4 cm³/mol. The van der Waals surface area contributed by atoms with Crippen LogP contribution < -0.4 is 0 Å². The highest BCUT2D eigenvalue weighted by molar-refractivity contribution is 4.97. The third-order valence-corrected chi connectivity index (χ3v) is 1.09. The maximum Gasteiger partial charge on any atom is 0.105 e. The Hall–Kier alpha value is -0.790. The van der Waals surface area contributed by atoms with Crippen molar-refractivity contribution in [1.82, 2.24) is 9.97 Å². The molecule has 2 nitrogen and oxygen atoms in total. The molecule has 0 aliphatic rings. The molecule has 1 heterocycles. The average Bonchev–Trinajstić information content (AvgIpc) is 2.14. The van der Waals surface area contributed by atoms with E-state index in [1.165, 1.54) is 0 Å². The lowest BCUT2D eigenvalue weighted by atomic mass is 10.5. The van der Waals surface area contributed by atoms with Crippen LogP contribution in [-0.2, 0) is 6.42 Å². The summed E-state index contributed by atoms with van der Waals surface area (Å²) in [5.74, 6) is 1.07. The number of imidazole rings is 1. The summed E-state index contributed by atoms with van der Waals surface area (Å²) >= 11 is 0. The van der Waals surface area contributed by atoms with Crippen molar-refractivity contribution in [2.45, 2.75) is 27.7 Å². The van der Waals surface area contributed by atoms with Crippen LogP contribution in [0, 0.1) is 6.92 Å². The zero-order chi connectivity index (χ0) is 5.98. The Morgan fingerprint density at radius 1 is 1.67 bits per heavy atom. The van der Waals surface area contributed by atoms with Gasteiger partial charge in [0.1, 0.15) is 5.82 Å². The second kappa shape index (κ2) is 3.28. The highest BCUT2D eigenvalue weighted by Gasteiger charge is 1.89. The summed E-state index contributed by atoms with van der Waals surface area (Å²) in [4.78, 5) is 7.19. The number of nitrogens with one attached hydrogen (secondary N) is 1. The topological polar surface area (TPSA) is 28.7 Å². The summed E-state index contributed by atoms with van der Waals surface area (Å²) in [7, 11) is 0. The van der Waals surface area contributed by atoms with Crippen LogP contribution in [0.3, 0.4) is 0 Å². The molecule has 0 radical (unpaired) electrons. The van der Waals surface area contributed by atoms with Crippen molar-refractivity contribution in [3.8, 4) is 0 Å². The summed E-state index contributed by atoms with van der Waals surface area (Å²) < 4.78 is 0. The molecule has 1 rings (SSSR count). The quantitative estimate of drug-likeness (QED) is 0.611. The van der Waals surface area contributed by atoms with Crippen molar-refractivity contribution < 1.29 is 0 Å². The van der Waals surface area contributed by atoms with Gasteiger partial charge >= 0.3 is 0 Å². The van der Waals surface area contributed by atoms with Crippen molar-refractivity contribution in [3.05, 3.63) is 17.7 Å². The number of aromatic nitrogens is 2. The first-order valence-corrected chi connectivity index (χ1v) is 2.83. The molecule has 1 aromatic rings. The first-order valence-electron chi connectivity index (χ1n) is 2.83. The molecule has 52 valence electrons. The predicted octanol–water partition coefficient (Wildman–Crippen LogP) is 1.92. The van der Waals surface area contributed by atoms with E-state index in [9.17, 15) is 0 Å². The van der Waals surface area contributed by atoms with E-state index in [0.29, 0.717) is 0 Å². The van der Waals surface area contributed by atoms with Crippen LogP contribution in [0.1, 0.15) is 25.9 Å². The lowest BCUT2D eigenvalue weighted by Crippen LogP contribution is -1.80. The minimum absolute atomic E-state index is 0. The molecule has 0 aromatic carbocycles. The summed E-state index contributed by atoms with van der Waals surface area (Å²) in [6.07, 6.45) is 2.84. The standard InChI is InChI=1S/C6H10N2.CH4/c1-3-6-7-4-5(2)8-6;/h4H,3H2,1-2H3,(H,7,8);1H4. The van der Waals surface area contributed by atoms with Crippen LogP contribution in [0.25, 0.3) is 0 Å². The lowest BCUT2D eigenvalue weighted by molar-refractivity contribution is 0.982. The molecule has 0 unspecified atom stereocenters. The first-order chi connectivity index (χ1) is 3.83. The van der Waals surface area contributed by atoms with Gasteiger partial charge in [-0.2, -0.15) is 0 Å². The number of H-pyrrole nitrogens is 1. The van der Waals surface area contributed by atoms with Gasteiger partial charge in [-0.1, -0.05) is 14.4 Å². The van der Waals surface area contributed by atoms with Gasteiger partial charge in [0, 0.05) is 18.3 Å². The maximum absolute atomic E-state index is 4.08. The van der Waals surface area contributed by atoms with Crippen molar-refractivity contribution in [1.29, 1.82) is 0 Å². The van der Waals surface area contributed by atoms with E-state index in [4.69, 9.17) is 0 Å². The maximum atomic E-state index is 4.08. The molecular formula is C7H14N2. The largest absolute Gasteiger partial charge is 0.346 e. The molecule has 0 atom stereocenters. The Labute approximate surface area is 56.3 Å². The Kier molecular flexibility index (Phi) is 2.99. The monoisotopic (exact) mass is 126 g/mol. The zero-order valence-electron chi connectivity index (χ0n) is 5.23. The normalized spacial score (nSPS) is 8.67. The Balaban J connectivity index is 0.000000640. The van der Waals surface area contributed by atoms with Gasteiger partial charge in [-0.3, -0.25) is 0 Å². The summed E-state index contributed by atoms with van der Waals surface area (Å²) in [6.45, 7) is 4.09. The number of rotatable bonds is 1. The first kappa shape index (κ1) is 8.21. The SMILES string of the molecule is C.CCc1ncc(C)[nH]1. The molecule has 0 aliphatic heterocycles. The van der Waals surface area contributed by atoms with Gasteiger partial charge in [0.2, 0.25) is 0 Å². The van der Waals surface area contributed by atoms with Crippen molar-refractivity contribution >= 4 is 0 Å². The highest BCUT2D eigenvalue weighted by Crippen LogP contribution is 1.93. The van der Waals surface area contributed by atoms with Crippen LogP contribution in [0.2, 0.25) is 0 Å². The van der Waals surface area contributed by atoms with E-state index >= 15 is 0 Å². The lowest BCUT2D eigenvalue weighted by Gasteiger charge is -1.82. The van der Waals surface area contributed by atoms with E-state index in [1.807, 2.05) is 13.1 Å². The Morgan fingerprint density at radius 3 is 2.56 bits per heavy atom. The highest BCUT2D eigenvalue weighted by atomic mass is 14.9. The molecule has 0 spiro atoms. The summed E-state index contributed by atoms with van der Waals surface area (Å²) in [5.41, 5.74) is 1.14. The third-order valence-electron chi connectivity index (χ3n) is 1.09. The molecule has 0 aliphatic carbocycles. The average molecular weight is 126 g/mol. The second-order valence-corrected chi connectivity index (χ2v) is 1.87. The van der Waals surface area contributed by atoms with E-state index < -0.39 is 0 Å². The van der Waals surface area contributed by atoms with Crippen molar-refractivity contribution in [2.24, 2.45) is 0 Å². The zero-order valence-corrected chi connectivity index (χ0v) is 5.23. The number of aromatic amines is 1. The molecular weight excluding hydrogens is 112 g/mol. The molecule has 9 heavy (non-hydrogen) atoms. The van der Waals surface area contributed by atoms with Gasteiger partial charge in [-0.15, -0.1) is 0 Å². The van der Waals surface area contributed by atoms with Crippen molar-refractivity contribution in [2.75, 3.05) is 0 Å². The van der Waals surface area contributed by atoms with E-state index in [1.54, 1.807) is 0 Å². The van der Waals surface area contributed by atoms with Crippen LogP contribution in [0.4, 0.5) is 0 Å². The van der Waals surface area contributed by atoms with Gasteiger partial charge in [0.15, 0.2) is 0 Å². The van der Waals surface area contributed by atoms with Crippen LogP contribution in [0.15, 0.2) is 6.20 Å². The number of aryl methyl sites for hydroxylation is 2. The van der Waals surface area contributed by atoms with Crippen LogP contribution in [0.5, 0.6) is 0 Å². The van der Waals surface area contributed by atoms with Gasteiger partial charge in [-0.25, -0.2) is 4.98 Å². The number of hydrogen-bond donors (Lipinski definition) is 1. The second-order valence-electron chi connectivity index (χ2n) is 1.87. The summed E-state index contributed by atoms with van der Waals surface area (Å²) in [5, 5.41) is 0. The molecule has 0 saturated heterocycles. The van der Waals surface area contributed by atoms with E-state index in [-0.39, 0.29) is 7.43 Å². The number of nitrogens with zero attached hydrogens (tertiary/aromatic N) is 1. The fraction of sp³-hybridized carbons (Fsp3) is 0.571. The number of hydrogen-bond acceptors (Lipinski definition) is 1. The Bertz CT molecular complexity index is 167. The van der Waals surface area contributed by atoms with Crippen LogP contribution >= 0.6 is 0 Å². The van der Waals surface area contributed by atoms with E-state index in [2.05, 4.69) is 16.9 Å².